The van der Waals surface area contributed by atoms with Crippen molar-refractivity contribution in [2.75, 3.05) is 0 Å². The van der Waals surface area contributed by atoms with E-state index in [2.05, 4.69) is 15.3 Å². The van der Waals surface area contributed by atoms with Crippen LogP contribution < -0.4 is 5.32 Å². The van der Waals surface area contributed by atoms with E-state index in [1.165, 1.54) is 0 Å². The predicted octanol–water partition coefficient (Wildman–Crippen LogP) is 2.56. The number of para-hydroxylation sites is 1. The Balaban J connectivity index is 1.72. The molecule has 0 bridgehead atoms. The third kappa shape index (κ3) is 2.64. The van der Waals surface area contributed by atoms with E-state index in [0.717, 1.165) is 16.6 Å². The first-order valence-corrected chi connectivity index (χ1v) is 6.36. The fourth-order valence-corrected chi connectivity index (χ4v) is 1.98. The minimum atomic E-state index is -0.123. The minimum absolute atomic E-state index is 0.123. The topological polar surface area (TPSA) is 54.9 Å². The van der Waals surface area contributed by atoms with Crippen molar-refractivity contribution in [2.45, 2.75) is 6.54 Å². The van der Waals surface area contributed by atoms with E-state index in [9.17, 15) is 4.79 Å². The maximum absolute atomic E-state index is 11.9. The SMILES string of the molecule is O=C(NCc1ccc2ccccc2n1)c1ccncc1. The first kappa shape index (κ1) is 12.3. The summed E-state index contributed by atoms with van der Waals surface area (Å²) in [6.45, 7) is 0.409. The second-order valence-corrected chi connectivity index (χ2v) is 4.41. The summed E-state index contributed by atoms with van der Waals surface area (Å²) >= 11 is 0. The van der Waals surface area contributed by atoms with Crippen molar-refractivity contribution >= 4 is 16.8 Å². The molecule has 0 saturated heterocycles. The summed E-state index contributed by atoms with van der Waals surface area (Å²) in [6, 6.07) is 15.2. The summed E-state index contributed by atoms with van der Waals surface area (Å²) in [6.07, 6.45) is 3.20. The average Bonchev–Trinajstić information content (AvgIpc) is 2.53. The molecule has 0 aliphatic rings. The molecule has 4 nitrogen and oxygen atoms in total. The molecule has 0 aliphatic heterocycles. The van der Waals surface area contributed by atoms with Crippen molar-refractivity contribution in [2.24, 2.45) is 0 Å². The standard InChI is InChI=1S/C16H13N3O/c20-16(13-7-9-17-10-8-13)18-11-14-6-5-12-3-1-2-4-15(12)19-14/h1-10H,11H2,(H,18,20). The van der Waals surface area contributed by atoms with Gasteiger partial charge in [-0.15, -0.1) is 0 Å². The lowest BCUT2D eigenvalue weighted by Gasteiger charge is -2.05. The van der Waals surface area contributed by atoms with Crippen LogP contribution in [0.15, 0.2) is 60.9 Å². The number of rotatable bonds is 3. The second-order valence-electron chi connectivity index (χ2n) is 4.41. The molecule has 0 atom stereocenters. The summed E-state index contributed by atoms with van der Waals surface area (Å²) in [7, 11) is 0. The molecule has 0 fully saturated rings. The van der Waals surface area contributed by atoms with Crippen LogP contribution in [-0.2, 0) is 6.54 Å². The van der Waals surface area contributed by atoms with Gasteiger partial charge in [0.1, 0.15) is 0 Å². The molecule has 1 N–H and O–H groups in total. The van der Waals surface area contributed by atoms with Crippen LogP contribution >= 0.6 is 0 Å². The monoisotopic (exact) mass is 263 g/mol. The number of nitrogens with zero attached hydrogens (tertiary/aromatic N) is 2. The molecule has 2 heterocycles. The van der Waals surface area contributed by atoms with E-state index in [4.69, 9.17) is 0 Å². The van der Waals surface area contributed by atoms with E-state index in [1.807, 2.05) is 36.4 Å². The quantitative estimate of drug-likeness (QED) is 0.790. The van der Waals surface area contributed by atoms with Gasteiger partial charge in [-0.05, 0) is 24.3 Å². The van der Waals surface area contributed by atoms with Gasteiger partial charge in [0, 0.05) is 23.3 Å². The Morgan fingerprint density at radius 2 is 1.80 bits per heavy atom. The lowest BCUT2D eigenvalue weighted by molar-refractivity contribution is 0.0950. The Labute approximate surface area is 116 Å². The van der Waals surface area contributed by atoms with Crippen molar-refractivity contribution < 1.29 is 4.79 Å². The van der Waals surface area contributed by atoms with Crippen LogP contribution in [0, 0.1) is 0 Å². The van der Waals surface area contributed by atoms with Crippen molar-refractivity contribution in [1.82, 2.24) is 15.3 Å². The number of nitrogens with one attached hydrogen (secondary N) is 1. The van der Waals surface area contributed by atoms with Gasteiger partial charge in [0.25, 0.3) is 5.91 Å². The number of fused-ring (bicyclic) bond motifs is 1. The van der Waals surface area contributed by atoms with E-state index >= 15 is 0 Å². The maximum Gasteiger partial charge on any atom is 0.251 e. The molecule has 1 aromatic carbocycles. The highest BCUT2D eigenvalue weighted by Crippen LogP contribution is 2.11. The zero-order valence-electron chi connectivity index (χ0n) is 10.8. The van der Waals surface area contributed by atoms with Gasteiger partial charge in [0.05, 0.1) is 17.8 Å². The molecule has 0 radical (unpaired) electrons. The summed E-state index contributed by atoms with van der Waals surface area (Å²) in [4.78, 5) is 20.3. The van der Waals surface area contributed by atoms with Crippen LogP contribution in [0.4, 0.5) is 0 Å². The number of pyridine rings is 2. The van der Waals surface area contributed by atoms with E-state index < -0.39 is 0 Å². The number of hydrogen-bond acceptors (Lipinski definition) is 3. The van der Waals surface area contributed by atoms with Gasteiger partial charge in [0.2, 0.25) is 0 Å². The van der Waals surface area contributed by atoms with Crippen LogP contribution in [0.25, 0.3) is 10.9 Å². The van der Waals surface area contributed by atoms with Gasteiger partial charge < -0.3 is 5.32 Å². The molecule has 0 unspecified atom stereocenters. The molecular formula is C16H13N3O. The number of carbonyl (C=O) groups excluding carboxylic acids is 1. The van der Waals surface area contributed by atoms with Crippen molar-refractivity contribution in [3.8, 4) is 0 Å². The largest absolute Gasteiger partial charge is 0.346 e. The molecule has 0 aliphatic carbocycles. The number of carbonyl (C=O) groups is 1. The van der Waals surface area contributed by atoms with Crippen molar-refractivity contribution in [3.05, 3.63) is 72.2 Å². The fraction of sp³-hybridized carbons (Fsp3) is 0.0625. The Morgan fingerprint density at radius 1 is 1.00 bits per heavy atom. The molecule has 20 heavy (non-hydrogen) atoms. The summed E-state index contributed by atoms with van der Waals surface area (Å²) in [5.74, 6) is -0.123. The summed E-state index contributed by atoms with van der Waals surface area (Å²) in [5, 5.41) is 3.94. The number of hydrogen-bond donors (Lipinski definition) is 1. The summed E-state index contributed by atoms with van der Waals surface area (Å²) in [5.41, 5.74) is 2.37. The molecule has 98 valence electrons. The highest BCUT2D eigenvalue weighted by Gasteiger charge is 2.05. The lowest BCUT2D eigenvalue weighted by atomic mass is 10.2. The molecule has 0 spiro atoms. The van der Waals surface area contributed by atoms with Crippen LogP contribution in [0.2, 0.25) is 0 Å². The normalized spacial score (nSPS) is 10.4. The fourth-order valence-electron chi connectivity index (χ4n) is 1.98. The summed E-state index contributed by atoms with van der Waals surface area (Å²) < 4.78 is 0. The van der Waals surface area contributed by atoms with E-state index in [0.29, 0.717) is 12.1 Å². The zero-order valence-corrected chi connectivity index (χ0v) is 10.8. The third-order valence-electron chi connectivity index (χ3n) is 3.03. The van der Waals surface area contributed by atoms with E-state index in [-0.39, 0.29) is 5.91 Å². The lowest BCUT2D eigenvalue weighted by Crippen LogP contribution is -2.23. The van der Waals surface area contributed by atoms with Gasteiger partial charge in [-0.25, -0.2) is 0 Å². The van der Waals surface area contributed by atoms with Crippen LogP contribution in [0.1, 0.15) is 16.1 Å². The number of amides is 1. The minimum Gasteiger partial charge on any atom is -0.346 e. The molecule has 3 rings (SSSR count). The van der Waals surface area contributed by atoms with Gasteiger partial charge in [-0.3, -0.25) is 14.8 Å². The van der Waals surface area contributed by atoms with Crippen molar-refractivity contribution in [1.29, 1.82) is 0 Å². The number of aromatic nitrogens is 2. The number of benzene rings is 1. The van der Waals surface area contributed by atoms with Gasteiger partial charge in [-0.2, -0.15) is 0 Å². The van der Waals surface area contributed by atoms with Crippen LogP contribution in [0.3, 0.4) is 0 Å². The first-order valence-electron chi connectivity index (χ1n) is 6.36. The Morgan fingerprint density at radius 3 is 2.65 bits per heavy atom. The van der Waals surface area contributed by atoms with Gasteiger partial charge in [-0.1, -0.05) is 24.3 Å². The van der Waals surface area contributed by atoms with Gasteiger partial charge >= 0.3 is 0 Å². The third-order valence-corrected chi connectivity index (χ3v) is 3.03. The van der Waals surface area contributed by atoms with Gasteiger partial charge in [0.15, 0.2) is 0 Å². The second kappa shape index (κ2) is 5.48. The average molecular weight is 263 g/mol. The Kier molecular flexibility index (Phi) is 3.37. The Bertz CT molecular complexity index is 741. The highest BCUT2D eigenvalue weighted by molar-refractivity contribution is 5.93. The smallest absolute Gasteiger partial charge is 0.251 e. The molecular weight excluding hydrogens is 250 g/mol. The maximum atomic E-state index is 11.9. The molecule has 0 saturated carbocycles. The molecule has 1 amide bonds. The van der Waals surface area contributed by atoms with Crippen LogP contribution in [0.5, 0.6) is 0 Å². The van der Waals surface area contributed by atoms with E-state index in [1.54, 1.807) is 24.5 Å². The predicted molar refractivity (Wildman–Crippen MR) is 77.2 cm³/mol. The highest BCUT2D eigenvalue weighted by atomic mass is 16.1. The molecule has 2 aromatic heterocycles. The molecule has 4 heteroatoms. The van der Waals surface area contributed by atoms with Crippen LogP contribution in [-0.4, -0.2) is 15.9 Å². The first-order chi connectivity index (χ1) is 9.83. The Hall–Kier alpha value is -2.75. The van der Waals surface area contributed by atoms with Crippen molar-refractivity contribution in [3.63, 3.8) is 0 Å². The molecule has 3 aromatic rings. The zero-order chi connectivity index (χ0) is 13.8.